The van der Waals surface area contributed by atoms with Gasteiger partial charge in [-0.25, -0.2) is 0 Å². The minimum atomic E-state index is 0.422. The molecule has 2 aromatic heterocycles. The van der Waals surface area contributed by atoms with Crippen LogP contribution in [-0.4, -0.2) is 4.57 Å². The molecule has 3 nitrogen and oxygen atoms in total. The Labute approximate surface area is 287 Å². The monoisotopic (exact) mass is 646 g/mol. The summed E-state index contributed by atoms with van der Waals surface area (Å²) in [5.74, 6) is 0.751. The van der Waals surface area contributed by atoms with Gasteiger partial charge in [0.1, 0.15) is 6.61 Å². The maximum atomic E-state index is 6.57. The molecule has 0 radical (unpaired) electrons. The molecule has 10 aromatic rings. The van der Waals surface area contributed by atoms with E-state index in [9.17, 15) is 0 Å². The van der Waals surface area contributed by atoms with Gasteiger partial charge in [0.2, 0.25) is 0 Å². The predicted octanol–water partition coefficient (Wildman–Crippen LogP) is 12.3. The summed E-state index contributed by atoms with van der Waals surface area (Å²) in [7, 11) is 0. The SMILES string of the molecule is Nc1ccc2sc3cc(-c4ccccc4)ccc3c2c1OCc1ccc(-n2c3cc4ccccc4cc3c3c4ccccc4ccc32)cc1. The van der Waals surface area contributed by atoms with Crippen LogP contribution in [0.4, 0.5) is 5.69 Å². The van der Waals surface area contributed by atoms with Gasteiger partial charge in [-0.1, -0.05) is 109 Å². The highest BCUT2D eigenvalue weighted by molar-refractivity contribution is 7.26. The molecule has 232 valence electrons. The van der Waals surface area contributed by atoms with Gasteiger partial charge >= 0.3 is 0 Å². The molecule has 49 heavy (non-hydrogen) atoms. The second-order valence-corrected chi connectivity index (χ2v) is 13.8. The third kappa shape index (κ3) is 4.49. The van der Waals surface area contributed by atoms with E-state index >= 15 is 0 Å². The number of rotatable bonds is 5. The van der Waals surface area contributed by atoms with Crippen LogP contribution in [0, 0.1) is 0 Å². The Morgan fingerprint density at radius 1 is 0.510 bits per heavy atom. The molecule has 0 saturated heterocycles. The number of thiophene rings is 1. The van der Waals surface area contributed by atoms with E-state index in [0.29, 0.717) is 12.3 Å². The fraction of sp³-hybridized carbons (Fsp3) is 0.0222. The third-order valence-corrected chi connectivity index (χ3v) is 10.9. The van der Waals surface area contributed by atoms with Gasteiger partial charge in [0.15, 0.2) is 5.75 Å². The van der Waals surface area contributed by atoms with Gasteiger partial charge in [-0.15, -0.1) is 11.3 Å². The van der Waals surface area contributed by atoms with E-state index < -0.39 is 0 Å². The first-order chi connectivity index (χ1) is 24.2. The molecule has 0 amide bonds. The number of nitrogens with zero attached hydrogens (tertiary/aromatic N) is 1. The van der Waals surface area contributed by atoms with Crippen molar-refractivity contribution in [1.29, 1.82) is 0 Å². The zero-order chi connectivity index (χ0) is 32.5. The molecule has 0 bridgehead atoms. The zero-order valence-electron chi connectivity index (χ0n) is 26.6. The van der Waals surface area contributed by atoms with Crippen LogP contribution < -0.4 is 10.5 Å². The number of nitrogens with two attached hydrogens (primary N) is 1. The number of anilines is 1. The topological polar surface area (TPSA) is 40.2 Å². The molecule has 0 aliphatic carbocycles. The average Bonchev–Trinajstić information content (AvgIpc) is 3.69. The van der Waals surface area contributed by atoms with Crippen LogP contribution in [0.1, 0.15) is 5.56 Å². The van der Waals surface area contributed by atoms with Gasteiger partial charge < -0.3 is 15.0 Å². The fourth-order valence-corrected chi connectivity index (χ4v) is 8.61. The van der Waals surface area contributed by atoms with Crippen LogP contribution in [0.15, 0.2) is 158 Å². The molecule has 8 aromatic carbocycles. The molecular formula is C45H30N2OS. The number of hydrogen-bond donors (Lipinski definition) is 1. The van der Waals surface area contributed by atoms with Crippen molar-refractivity contribution in [1.82, 2.24) is 4.57 Å². The molecular weight excluding hydrogens is 617 g/mol. The lowest BCUT2D eigenvalue weighted by atomic mass is 10.0. The van der Waals surface area contributed by atoms with Gasteiger partial charge in [-0.05, 0) is 86.8 Å². The first kappa shape index (κ1) is 28.0. The Kier molecular flexibility index (Phi) is 6.27. The molecule has 0 saturated carbocycles. The van der Waals surface area contributed by atoms with E-state index in [1.807, 2.05) is 6.07 Å². The van der Waals surface area contributed by atoms with Crippen molar-refractivity contribution >= 4 is 80.5 Å². The molecule has 0 spiro atoms. The molecule has 2 N–H and O–H groups in total. The number of benzene rings is 8. The summed E-state index contributed by atoms with van der Waals surface area (Å²) in [6.07, 6.45) is 0. The highest BCUT2D eigenvalue weighted by Gasteiger charge is 2.17. The molecule has 2 heterocycles. The van der Waals surface area contributed by atoms with Crippen LogP contribution in [0.3, 0.4) is 0 Å². The first-order valence-electron chi connectivity index (χ1n) is 16.6. The van der Waals surface area contributed by atoms with Crippen LogP contribution >= 0.6 is 11.3 Å². The van der Waals surface area contributed by atoms with Crippen molar-refractivity contribution in [3.63, 3.8) is 0 Å². The second-order valence-electron chi connectivity index (χ2n) is 12.7. The van der Waals surface area contributed by atoms with Gasteiger partial charge in [0.05, 0.1) is 16.7 Å². The molecule has 4 heteroatoms. The lowest BCUT2D eigenvalue weighted by molar-refractivity contribution is 0.312. The van der Waals surface area contributed by atoms with Gasteiger partial charge in [0, 0.05) is 36.6 Å². The lowest BCUT2D eigenvalue weighted by Crippen LogP contribution is -2.00. The molecule has 0 unspecified atom stereocenters. The normalized spacial score (nSPS) is 11.8. The summed E-state index contributed by atoms with van der Waals surface area (Å²) >= 11 is 1.78. The molecule has 0 atom stereocenters. The maximum absolute atomic E-state index is 6.57. The predicted molar refractivity (Wildman–Crippen MR) is 209 cm³/mol. The van der Waals surface area contributed by atoms with Crippen molar-refractivity contribution in [3.8, 4) is 22.6 Å². The van der Waals surface area contributed by atoms with E-state index in [2.05, 4.69) is 156 Å². The summed E-state index contributed by atoms with van der Waals surface area (Å²) in [6, 6.07) is 56.5. The van der Waals surface area contributed by atoms with Crippen molar-refractivity contribution in [3.05, 3.63) is 163 Å². The molecule has 0 aliphatic rings. The fourth-order valence-electron chi connectivity index (χ4n) is 7.47. The lowest BCUT2D eigenvalue weighted by Gasteiger charge is -2.13. The van der Waals surface area contributed by atoms with Gasteiger partial charge in [0.25, 0.3) is 0 Å². The largest absolute Gasteiger partial charge is 0.486 e. The van der Waals surface area contributed by atoms with E-state index in [0.717, 1.165) is 22.4 Å². The smallest absolute Gasteiger partial charge is 0.151 e. The number of aromatic nitrogens is 1. The maximum Gasteiger partial charge on any atom is 0.151 e. The quantitative estimate of drug-likeness (QED) is 0.189. The van der Waals surface area contributed by atoms with E-state index in [-0.39, 0.29) is 0 Å². The standard InChI is InChI=1S/C45H30N2OS/c46-38-21-23-41-44(36-20-16-33(26-42(36)49-41)29-8-2-1-3-9-29)45(38)48-27-28-14-18-34(19-15-28)47-39-22-17-30-10-6-7-13-35(30)43(39)37-24-31-11-4-5-12-32(31)25-40(37)47/h1-26H,27,46H2. The van der Waals surface area contributed by atoms with E-state index in [4.69, 9.17) is 10.5 Å². The van der Waals surface area contributed by atoms with Gasteiger partial charge in [-0.3, -0.25) is 0 Å². The van der Waals surface area contributed by atoms with Crippen LogP contribution in [-0.2, 0) is 6.61 Å². The van der Waals surface area contributed by atoms with E-state index in [1.165, 1.54) is 69.3 Å². The Morgan fingerprint density at radius 2 is 1.27 bits per heavy atom. The Bertz CT molecular complexity index is 2880. The number of nitrogen functional groups attached to an aromatic ring is 1. The van der Waals surface area contributed by atoms with Crippen LogP contribution in [0.5, 0.6) is 5.75 Å². The molecule has 0 fully saturated rings. The number of hydrogen-bond acceptors (Lipinski definition) is 3. The minimum Gasteiger partial charge on any atom is -0.486 e. The van der Waals surface area contributed by atoms with Crippen LogP contribution in [0.25, 0.3) is 80.3 Å². The Balaban J connectivity index is 1.03. The minimum absolute atomic E-state index is 0.422. The highest BCUT2D eigenvalue weighted by atomic mass is 32.1. The Morgan fingerprint density at radius 3 is 2.10 bits per heavy atom. The highest BCUT2D eigenvalue weighted by Crippen LogP contribution is 2.44. The van der Waals surface area contributed by atoms with E-state index in [1.54, 1.807) is 11.3 Å². The summed E-state index contributed by atoms with van der Waals surface area (Å²) < 4.78 is 11.4. The Hall–Kier alpha value is -6.10. The van der Waals surface area contributed by atoms with Crippen molar-refractivity contribution in [2.75, 3.05) is 5.73 Å². The second kappa shape index (κ2) is 11.0. The average molecular weight is 647 g/mol. The zero-order valence-corrected chi connectivity index (χ0v) is 27.4. The summed E-state index contributed by atoms with van der Waals surface area (Å²) in [5.41, 5.74) is 14.3. The summed E-state index contributed by atoms with van der Waals surface area (Å²) in [5, 5.41) is 9.81. The first-order valence-corrected chi connectivity index (χ1v) is 17.4. The van der Waals surface area contributed by atoms with Crippen molar-refractivity contribution < 1.29 is 4.74 Å². The molecule has 0 aliphatic heterocycles. The van der Waals surface area contributed by atoms with Crippen molar-refractivity contribution in [2.45, 2.75) is 6.61 Å². The van der Waals surface area contributed by atoms with Crippen LogP contribution in [0.2, 0.25) is 0 Å². The summed E-state index contributed by atoms with van der Waals surface area (Å²) in [6.45, 7) is 0.422. The summed E-state index contributed by atoms with van der Waals surface area (Å²) in [4.78, 5) is 0. The molecule has 10 rings (SSSR count). The third-order valence-electron chi connectivity index (χ3n) is 9.83. The number of fused-ring (bicyclic) bond motifs is 9. The number of ether oxygens (including phenoxy) is 1. The van der Waals surface area contributed by atoms with Gasteiger partial charge in [-0.2, -0.15) is 0 Å². The van der Waals surface area contributed by atoms with Crippen molar-refractivity contribution in [2.24, 2.45) is 0 Å².